The number of nitrogens with zero attached hydrogens (tertiary/aromatic N) is 1. The van der Waals surface area contributed by atoms with Gasteiger partial charge in [0.05, 0.1) is 0 Å². The Hall–Kier alpha value is -2.17. The Morgan fingerprint density at radius 1 is 1.12 bits per heavy atom. The summed E-state index contributed by atoms with van der Waals surface area (Å²) in [4.78, 5) is 14.9. The molecule has 24 heavy (non-hydrogen) atoms. The van der Waals surface area contributed by atoms with Crippen LogP contribution in [0.2, 0.25) is 0 Å². The molecule has 2 aromatic carbocycles. The maximum absolute atomic E-state index is 13.0. The summed E-state index contributed by atoms with van der Waals surface area (Å²) in [7, 11) is 1.58. The molecule has 0 radical (unpaired) electrons. The first-order chi connectivity index (χ1) is 11.7. The second-order valence-corrected chi connectivity index (χ2v) is 6.28. The second-order valence-electron chi connectivity index (χ2n) is 6.28. The van der Waals surface area contributed by atoms with E-state index in [9.17, 15) is 4.79 Å². The van der Waals surface area contributed by atoms with Crippen molar-refractivity contribution in [3.05, 3.63) is 71.8 Å². The van der Waals surface area contributed by atoms with E-state index in [1.807, 2.05) is 53.4 Å². The molecule has 2 aromatic rings. The lowest BCUT2D eigenvalue weighted by molar-refractivity contribution is -0.141. The lowest BCUT2D eigenvalue weighted by Gasteiger charge is -2.23. The number of nitrogens with two attached hydrogens (primary N) is 1. The Balaban J connectivity index is 1.78. The number of likely N-dealkylation sites (tertiary alicyclic amines) is 1. The highest BCUT2D eigenvalue weighted by atomic mass is 16.5. The van der Waals surface area contributed by atoms with Crippen molar-refractivity contribution in [1.29, 1.82) is 0 Å². The van der Waals surface area contributed by atoms with Gasteiger partial charge >= 0.3 is 0 Å². The molecule has 4 heteroatoms. The van der Waals surface area contributed by atoms with Crippen molar-refractivity contribution in [3.8, 4) is 0 Å². The smallest absolute Gasteiger partial charge is 0.256 e. The summed E-state index contributed by atoms with van der Waals surface area (Å²) in [6, 6.07) is 20.0. The SMILES string of the molecule is COC(C(=O)N1C[C@@H](CN)[C@H](c2ccccc2)C1)c1ccccc1. The molecule has 1 unspecified atom stereocenters. The molecule has 1 aliphatic heterocycles. The first kappa shape index (κ1) is 16.7. The quantitative estimate of drug-likeness (QED) is 0.920. The van der Waals surface area contributed by atoms with Crippen LogP contribution in [-0.2, 0) is 9.53 Å². The van der Waals surface area contributed by atoms with E-state index in [0.29, 0.717) is 19.6 Å². The molecule has 126 valence electrons. The van der Waals surface area contributed by atoms with Crippen LogP contribution in [0.5, 0.6) is 0 Å². The highest BCUT2D eigenvalue weighted by Gasteiger charge is 2.37. The molecule has 0 bridgehead atoms. The van der Waals surface area contributed by atoms with Crippen LogP contribution in [0.1, 0.15) is 23.1 Å². The molecule has 1 heterocycles. The standard InChI is InChI=1S/C20H24N2O2/c1-24-19(16-10-6-3-7-11-16)20(23)22-13-17(12-21)18(14-22)15-8-4-2-5-9-15/h2-11,17-19H,12-14,21H2,1H3/t17-,18+,19?/m1/s1. The predicted octanol–water partition coefficient (Wildman–Crippen LogP) is 2.58. The fourth-order valence-electron chi connectivity index (χ4n) is 3.54. The number of hydrogen-bond donors (Lipinski definition) is 1. The van der Waals surface area contributed by atoms with Gasteiger partial charge in [-0.25, -0.2) is 0 Å². The number of amides is 1. The van der Waals surface area contributed by atoms with Crippen molar-refractivity contribution in [2.24, 2.45) is 11.7 Å². The van der Waals surface area contributed by atoms with Crippen molar-refractivity contribution < 1.29 is 9.53 Å². The molecule has 3 rings (SSSR count). The van der Waals surface area contributed by atoms with Crippen LogP contribution in [0.3, 0.4) is 0 Å². The Morgan fingerprint density at radius 2 is 1.75 bits per heavy atom. The number of benzene rings is 2. The monoisotopic (exact) mass is 324 g/mol. The van der Waals surface area contributed by atoms with Crippen molar-refractivity contribution in [3.63, 3.8) is 0 Å². The van der Waals surface area contributed by atoms with E-state index in [0.717, 1.165) is 5.56 Å². The van der Waals surface area contributed by atoms with E-state index in [2.05, 4.69) is 12.1 Å². The molecule has 4 nitrogen and oxygen atoms in total. The van der Waals surface area contributed by atoms with Gasteiger partial charge in [-0.2, -0.15) is 0 Å². The fourth-order valence-corrected chi connectivity index (χ4v) is 3.54. The third-order valence-corrected chi connectivity index (χ3v) is 4.85. The fraction of sp³-hybridized carbons (Fsp3) is 0.350. The molecule has 0 spiro atoms. The zero-order valence-electron chi connectivity index (χ0n) is 14.0. The largest absolute Gasteiger partial charge is 0.367 e. The maximum atomic E-state index is 13.0. The third kappa shape index (κ3) is 3.35. The summed E-state index contributed by atoms with van der Waals surface area (Å²) in [5.41, 5.74) is 8.11. The first-order valence-electron chi connectivity index (χ1n) is 8.36. The molecule has 1 saturated heterocycles. The Bertz CT molecular complexity index is 660. The van der Waals surface area contributed by atoms with Gasteiger partial charge in [-0.15, -0.1) is 0 Å². The zero-order chi connectivity index (χ0) is 16.9. The summed E-state index contributed by atoms with van der Waals surface area (Å²) >= 11 is 0. The third-order valence-electron chi connectivity index (χ3n) is 4.85. The van der Waals surface area contributed by atoms with Crippen LogP contribution in [-0.4, -0.2) is 37.6 Å². The molecule has 0 saturated carbocycles. The molecule has 1 amide bonds. The van der Waals surface area contributed by atoms with E-state index < -0.39 is 6.10 Å². The van der Waals surface area contributed by atoms with Gasteiger partial charge in [0, 0.05) is 26.1 Å². The molecule has 1 aliphatic rings. The molecule has 3 atom stereocenters. The average molecular weight is 324 g/mol. The van der Waals surface area contributed by atoms with Gasteiger partial charge in [-0.3, -0.25) is 4.79 Å². The normalized spacial score (nSPS) is 21.7. The summed E-state index contributed by atoms with van der Waals surface area (Å²) in [5, 5.41) is 0. The van der Waals surface area contributed by atoms with Gasteiger partial charge in [0.15, 0.2) is 6.10 Å². The van der Waals surface area contributed by atoms with Gasteiger partial charge in [0.2, 0.25) is 0 Å². The maximum Gasteiger partial charge on any atom is 0.256 e. The molecule has 1 fully saturated rings. The molecular weight excluding hydrogens is 300 g/mol. The molecule has 2 N–H and O–H groups in total. The molecule has 0 aliphatic carbocycles. The van der Waals surface area contributed by atoms with Crippen LogP contribution in [0.25, 0.3) is 0 Å². The number of ether oxygens (including phenoxy) is 1. The van der Waals surface area contributed by atoms with Gasteiger partial charge in [0.1, 0.15) is 0 Å². The Labute approximate surface area is 143 Å². The highest BCUT2D eigenvalue weighted by Crippen LogP contribution is 2.34. The summed E-state index contributed by atoms with van der Waals surface area (Å²) in [6.45, 7) is 1.95. The minimum atomic E-state index is -0.556. The predicted molar refractivity (Wildman–Crippen MR) is 94.5 cm³/mol. The van der Waals surface area contributed by atoms with Gasteiger partial charge in [-0.1, -0.05) is 60.7 Å². The van der Waals surface area contributed by atoms with Gasteiger partial charge in [0.25, 0.3) is 5.91 Å². The zero-order valence-corrected chi connectivity index (χ0v) is 14.0. The molecular formula is C20H24N2O2. The lowest BCUT2D eigenvalue weighted by atomic mass is 9.89. The highest BCUT2D eigenvalue weighted by molar-refractivity contribution is 5.82. The van der Waals surface area contributed by atoms with Crippen molar-refractivity contribution >= 4 is 5.91 Å². The van der Waals surface area contributed by atoms with Crippen LogP contribution < -0.4 is 5.73 Å². The lowest BCUT2D eigenvalue weighted by Crippen LogP contribution is -2.34. The Kier molecular flexibility index (Phi) is 5.28. The summed E-state index contributed by atoms with van der Waals surface area (Å²) in [6.07, 6.45) is -0.556. The number of methoxy groups -OCH3 is 1. The summed E-state index contributed by atoms with van der Waals surface area (Å²) in [5.74, 6) is 0.582. The average Bonchev–Trinajstić information content (AvgIpc) is 3.08. The number of rotatable bonds is 5. The first-order valence-corrected chi connectivity index (χ1v) is 8.36. The molecule has 0 aromatic heterocycles. The van der Waals surface area contributed by atoms with E-state index in [1.165, 1.54) is 5.56 Å². The van der Waals surface area contributed by atoms with E-state index >= 15 is 0 Å². The minimum Gasteiger partial charge on any atom is -0.367 e. The van der Waals surface area contributed by atoms with Crippen LogP contribution in [0, 0.1) is 5.92 Å². The van der Waals surface area contributed by atoms with Gasteiger partial charge < -0.3 is 15.4 Å². The number of hydrogen-bond acceptors (Lipinski definition) is 3. The van der Waals surface area contributed by atoms with E-state index in [-0.39, 0.29) is 17.7 Å². The Morgan fingerprint density at radius 3 is 2.33 bits per heavy atom. The topological polar surface area (TPSA) is 55.6 Å². The number of carbonyl (C=O) groups excluding carboxylic acids is 1. The van der Waals surface area contributed by atoms with Crippen molar-refractivity contribution in [1.82, 2.24) is 4.90 Å². The summed E-state index contributed by atoms with van der Waals surface area (Å²) < 4.78 is 5.50. The van der Waals surface area contributed by atoms with Crippen LogP contribution >= 0.6 is 0 Å². The second kappa shape index (κ2) is 7.60. The minimum absolute atomic E-state index is 0.0144. The van der Waals surface area contributed by atoms with Crippen molar-refractivity contribution in [2.45, 2.75) is 12.0 Å². The van der Waals surface area contributed by atoms with Crippen LogP contribution in [0.15, 0.2) is 60.7 Å². The number of carbonyl (C=O) groups is 1. The van der Waals surface area contributed by atoms with Crippen LogP contribution in [0.4, 0.5) is 0 Å². The van der Waals surface area contributed by atoms with Gasteiger partial charge in [-0.05, 0) is 23.6 Å². The van der Waals surface area contributed by atoms with E-state index in [4.69, 9.17) is 10.5 Å². The van der Waals surface area contributed by atoms with E-state index in [1.54, 1.807) is 7.11 Å². The van der Waals surface area contributed by atoms with Crippen molar-refractivity contribution in [2.75, 3.05) is 26.7 Å².